The highest BCUT2D eigenvalue weighted by molar-refractivity contribution is 7.44. The predicted octanol–water partition coefficient (Wildman–Crippen LogP) is 2.71. The number of benzene rings is 1. The van der Waals surface area contributed by atoms with Crippen LogP contribution in [0.4, 0.5) is 11.4 Å². The van der Waals surface area contributed by atoms with E-state index < -0.39 is 5.78 Å². The van der Waals surface area contributed by atoms with Crippen LogP contribution in [0.1, 0.15) is 11.1 Å². The maximum absolute atomic E-state index is 12.4. The van der Waals surface area contributed by atoms with Gasteiger partial charge in [0.1, 0.15) is 17.6 Å². The highest BCUT2D eigenvalue weighted by Crippen LogP contribution is 2.28. The molecule has 0 saturated carbocycles. The van der Waals surface area contributed by atoms with Crippen molar-refractivity contribution in [2.75, 3.05) is 11.1 Å². The number of carbonyl (C=O) groups is 1. The molecule has 1 amide bonds. The Morgan fingerprint density at radius 2 is 2.28 bits per heavy atom. The van der Waals surface area contributed by atoms with Gasteiger partial charge in [0.15, 0.2) is 0 Å². The third kappa shape index (κ3) is 3.65. The van der Waals surface area contributed by atoms with E-state index in [1.54, 1.807) is 36.2 Å². The molecule has 4 N–H and O–H groups in total. The maximum atomic E-state index is 12.4. The summed E-state index contributed by atoms with van der Waals surface area (Å²) in [6, 6.07) is 8.53. The first-order chi connectivity index (χ1) is 12.1. The van der Waals surface area contributed by atoms with Gasteiger partial charge in [-0.3, -0.25) is 15.2 Å². The van der Waals surface area contributed by atoms with E-state index in [1.165, 1.54) is 12.5 Å². The van der Waals surface area contributed by atoms with Gasteiger partial charge in [-0.15, -0.1) is 0 Å². The van der Waals surface area contributed by atoms with Gasteiger partial charge < -0.3 is 15.5 Å². The second kappa shape index (κ2) is 7.12. The summed E-state index contributed by atoms with van der Waals surface area (Å²) in [4.78, 5) is 16.5. The Morgan fingerprint density at radius 3 is 3.00 bits per heavy atom. The molecule has 0 bridgehead atoms. The SMILES string of the molecule is N#CC1=NC(C(=O)Nc2ccc(N)c(C(=N)c3ccoc3)c2)PC=C1. The number of allylic oxidation sites excluding steroid dienone is 1. The van der Waals surface area contributed by atoms with Crippen molar-refractivity contribution < 1.29 is 9.21 Å². The minimum Gasteiger partial charge on any atom is -0.472 e. The summed E-state index contributed by atoms with van der Waals surface area (Å²) in [5.74, 6) is 0.855. The molecule has 0 radical (unpaired) electrons. The molecule has 1 aromatic heterocycles. The number of rotatable bonds is 4. The Kier molecular flexibility index (Phi) is 4.73. The van der Waals surface area contributed by atoms with Crippen molar-refractivity contribution >= 4 is 37.3 Å². The average Bonchev–Trinajstić information content (AvgIpc) is 3.17. The minimum atomic E-state index is -0.617. The van der Waals surface area contributed by atoms with Crippen LogP contribution in [0.3, 0.4) is 0 Å². The summed E-state index contributed by atoms with van der Waals surface area (Å²) in [7, 11) is 0.175. The number of nitrogens with two attached hydrogens (primary N) is 1. The lowest BCUT2D eigenvalue weighted by Crippen LogP contribution is -2.24. The first-order valence-corrected chi connectivity index (χ1v) is 8.46. The van der Waals surface area contributed by atoms with Gasteiger partial charge in [0, 0.05) is 22.5 Å². The van der Waals surface area contributed by atoms with Crippen molar-refractivity contribution in [3.63, 3.8) is 0 Å². The van der Waals surface area contributed by atoms with Crippen LogP contribution in [0.5, 0.6) is 0 Å². The molecular weight excluding hydrogens is 337 g/mol. The number of nitrogens with zero attached hydrogens (tertiary/aromatic N) is 2. The van der Waals surface area contributed by atoms with Crippen LogP contribution in [-0.4, -0.2) is 23.1 Å². The smallest absolute Gasteiger partial charge is 0.253 e. The first-order valence-electron chi connectivity index (χ1n) is 7.31. The van der Waals surface area contributed by atoms with Crippen LogP contribution in [0.2, 0.25) is 0 Å². The zero-order valence-electron chi connectivity index (χ0n) is 13.0. The summed E-state index contributed by atoms with van der Waals surface area (Å²) in [6.07, 6.45) is 4.55. The first kappa shape index (κ1) is 16.6. The Balaban J connectivity index is 1.80. The number of furan rings is 1. The molecule has 1 aromatic carbocycles. The number of nitrogens with one attached hydrogen (secondary N) is 2. The van der Waals surface area contributed by atoms with Crippen molar-refractivity contribution in [3.05, 3.63) is 59.8 Å². The van der Waals surface area contributed by atoms with Gasteiger partial charge in [0.25, 0.3) is 5.91 Å². The molecule has 0 saturated heterocycles. The van der Waals surface area contributed by atoms with E-state index in [9.17, 15) is 4.79 Å². The Morgan fingerprint density at radius 1 is 1.44 bits per heavy atom. The fourth-order valence-corrected chi connectivity index (χ4v) is 3.13. The molecule has 0 fully saturated rings. The van der Waals surface area contributed by atoms with Crippen molar-refractivity contribution in [2.45, 2.75) is 5.78 Å². The van der Waals surface area contributed by atoms with Gasteiger partial charge >= 0.3 is 0 Å². The Hall–Kier alpha value is -3.23. The largest absolute Gasteiger partial charge is 0.472 e. The minimum absolute atomic E-state index is 0.175. The average molecular weight is 351 g/mol. The molecule has 2 heterocycles. The number of amides is 1. The summed E-state index contributed by atoms with van der Waals surface area (Å²) in [6.45, 7) is 0. The third-order valence-electron chi connectivity index (χ3n) is 3.53. The molecule has 25 heavy (non-hydrogen) atoms. The van der Waals surface area contributed by atoms with Crippen molar-refractivity contribution in [1.29, 1.82) is 10.7 Å². The number of hydrogen-bond acceptors (Lipinski definition) is 6. The van der Waals surface area contributed by atoms with Crippen LogP contribution >= 0.6 is 8.58 Å². The van der Waals surface area contributed by atoms with Crippen molar-refractivity contribution in [2.24, 2.45) is 4.99 Å². The number of nitrogen functional groups attached to an aromatic ring is 1. The number of hydrogen-bond donors (Lipinski definition) is 3. The Bertz CT molecular complexity index is 925. The summed E-state index contributed by atoms with van der Waals surface area (Å²) in [5.41, 5.74) is 8.42. The molecule has 2 aromatic rings. The molecule has 0 spiro atoms. The summed E-state index contributed by atoms with van der Waals surface area (Å²) < 4.78 is 4.99. The van der Waals surface area contributed by atoms with E-state index in [-0.39, 0.29) is 25.9 Å². The van der Waals surface area contributed by atoms with Crippen molar-refractivity contribution in [3.8, 4) is 6.07 Å². The number of aliphatic imine (C=N–C) groups is 1. The fourth-order valence-electron chi connectivity index (χ4n) is 2.26. The van der Waals surface area contributed by atoms with Crippen molar-refractivity contribution in [1.82, 2.24) is 0 Å². The third-order valence-corrected chi connectivity index (χ3v) is 4.59. The van der Waals surface area contributed by atoms with E-state index in [0.717, 1.165) is 0 Å². The Labute approximate surface area is 145 Å². The van der Waals surface area contributed by atoms with Gasteiger partial charge in [-0.2, -0.15) is 5.26 Å². The molecule has 1 aliphatic rings. The van der Waals surface area contributed by atoms with E-state index in [2.05, 4.69) is 10.3 Å². The second-order valence-corrected chi connectivity index (χ2v) is 6.42. The topological polar surface area (TPSA) is 128 Å². The predicted molar refractivity (Wildman–Crippen MR) is 98.4 cm³/mol. The molecule has 2 unspecified atom stereocenters. The van der Waals surface area contributed by atoms with Gasteiger partial charge in [-0.05, 0) is 30.3 Å². The molecule has 2 atom stereocenters. The van der Waals surface area contributed by atoms with Gasteiger partial charge in [-0.25, -0.2) is 0 Å². The lowest BCUT2D eigenvalue weighted by molar-refractivity contribution is -0.115. The van der Waals surface area contributed by atoms with E-state index in [4.69, 9.17) is 20.8 Å². The van der Waals surface area contributed by atoms with Gasteiger partial charge in [-0.1, -0.05) is 14.4 Å². The monoisotopic (exact) mass is 351 g/mol. The number of nitriles is 1. The van der Waals surface area contributed by atoms with Crippen LogP contribution in [0.15, 0.2) is 58.1 Å². The molecule has 8 heteroatoms. The highest BCUT2D eigenvalue weighted by Gasteiger charge is 2.20. The molecule has 124 valence electrons. The maximum Gasteiger partial charge on any atom is 0.253 e. The number of carbonyl (C=O) groups excluding carboxylic acids is 1. The summed E-state index contributed by atoms with van der Waals surface area (Å²) >= 11 is 0. The molecular formula is C17H14N5O2P. The fraction of sp³-hybridized carbons (Fsp3) is 0.0588. The zero-order valence-corrected chi connectivity index (χ0v) is 14.0. The van der Waals surface area contributed by atoms with E-state index in [0.29, 0.717) is 22.5 Å². The van der Waals surface area contributed by atoms with Gasteiger partial charge in [0.05, 0.1) is 18.2 Å². The lowest BCUT2D eigenvalue weighted by Gasteiger charge is -2.15. The number of anilines is 2. The molecule has 3 rings (SSSR count). The van der Waals surface area contributed by atoms with E-state index in [1.807, 2.05) is 6.07 Å². The van der Waals surface area contributed by atoms with Crippen LogP contribution in [-0.2, 0) is 4.79 Å². The quantitative estimate of drug-likeness (QED) is 0.444. The van der Waals surface area contributed by atoms with Gasteiger partial charge in [0.2, 0.25) is 0 Å². The van der Waals surface area contributed by atoms with E-state index >= 15 is 0 Å². The molecule has 7 nitrogen and oxygen atoms in total. The lowest BCUT2D eigenvalue weighted by atomic mass is 10.0. The molecule has 1 aliphatic heterocycles. The van der Waals surface area contributed by atoms with Crippen LogP contribution < -0.4 is 11.1 Å². The molecule has 0 aliphatic carbocycles. The van der Waals surface area contributed by atoms with Crippen LogP contribution in [0.25, 0.3) is 0 Å². The zero-order chi connectivity index (χ0) is 17.8. The second-order valence-electron chi connectivity index (χ2n) is 5.21. The normalized spacial score (nSPS) is 16.9. The standard InChI is InChI=1S/C17H14N5O2P/c18-8-12-4-6-25-17(22-12)16(23)21-11-1-2-14(19)13(7-11)15(20)10-3-5-24-9-10/h1-7,9,17,20,25H,19H2,(H,21,23). The summed E-state index contributed by atoms with van der Waals surface area (Å²) in [5, 5.41) is 19.9. The highest BCUT2D eigenvalue weighted by atomic mass is 31.1. The van der Waals surface area contributed by atoms with Crippen LogP contribution in [0, 0.1) is 16.7 Å².